The van der Waals surface area contributed by atoms with Crippen LogP contribution >= 0.6 is 0 Å². The molecule has 1 atom stereocenters. The Morgan fingerprint density at radius 2 is 1.47 bits per heavy atom. The van der Waals surface area contributed by atoms with E-state index in [1.807, 2.05) is 6.92 Å². The maximum Gasteiger partial charge on any atom is 0.168 e. The molecule has 206 valence electrons. The molecular weight excluding hydrogens is 499 g/mol. The molecule has 0 amide bonds. The van der Waals surface area contributed by atoms with Crippen LogP contribution in [0.5, 0.6) is 11.5 Å². The Morgan fingerprint density at radius 1 is 0.711 bits per heavy atom. The number of ether oxygens (including phenoxy) is 2. The highest BCUT2D eigenvalue weighted by molar-refractivity contribution is 5.65. The van der Waals surface area contributed by atoms with Crippen molar-refractivity contribution in [3.8, 4) is 22.6 Å². The van der Waals surface area contributed by atoms with Crippen LogP contribution in [0.4, 0.5) is 22.0 Å². The summed E-state index contributed by atoms with van der Waals surface area (Å²) in [6, 6.07) is 11.0. The SMILES string of the molecule is CCCCCCc1ccc(-c2ccc(CC(F)COc3ccc(OCCCC)cc3F)c(F)c2F)cc1F. The molecule has 0 aliphatic heterocycles. The highest BCUT2D eigenvalue weighted by atomic mass is 19.2. The van der Waals surface area contributed by atoms with Crippen molar-refractivity contribution < 1.29 is 31.4 Å². The van der Waals surface area contributed by atoms with Crippen LogP contribution in [0.15, 0.2) is 48.5 Å². The summed E-state index contributed by atoms with van der Waals surface area (Å²) >= 11 is 0. The fraction of sp³-hybridized carbons (Fsp3) is 0.419. The fourth-order valence-electron chi connectivity index (χ4n) is 4.13. The van der Waals surface area contributed by atoms with E-state index >= 15 is 0 Å². The molecule has 0 radical (unpaired) electrons. The lowest BCUT2D eigenvalue weighted by Crippen LogP contribution is -2.17. The summed E-state index contributed by atoms with van der Waals surface area (Å²) in [6.45, 7) is 4.03. The van der Waals surface area contributed by atoms with Gasteiger partial charge in [0, 0.05) is 18.1 Å². The first-order chi connectivity index (χ1) is 18.3. The van der Waals surface area contributed by atoms with Crippen molar-refractivity contribution in [2.24, 2.45) is 0 Å². The smallest absolute Gasteiger partial charge is 0.168 e. The zero-order valence-corrected chi connectivity index (χ0v) is 22.0. The molecule has 0 fully saturated rings. The number of alkyl halides is 1. The molecule has 3 aromatic carbocycles. The van der Waals surface area contributed by atoms with Gasteiger partial charge in [0.25, 0.3) is 0 Å². The highest BCUT2D eigenvalue weighted by Gasteiger charge is 2.19. The second-order valence-corrected chi connectivity index (χ2v) is 9.42. The molecular formula is C31H35F5O2. The Labute approximate surface area is 221 Å². The number of hydrogen-bond acceptors (Lipinski definition) is 2. The summed E-state index contributed by atoms with van der Waals surface area (Å²) < 4.78 is 83.6. The second kappa shape index (κ2) is 14.7. The molecule has 0 bridgehead atoms. The van der Waals surface area contributed by atoms with Gasteiger partial charge in [-0.05, 0) is 54.2 Å². The van der Waals surface area contributed by atoms with E-state index in [1.165, 1.54) is 30.3 Å². The average Bonchev–Trinajstić information content (AvgIpc) is 2.90. The van der Waals surface area contributed by atoms with E-state index in [1.54, 1.807) is 12.1 Å². The Bertz CT molecular complexity index is 1180. The van der Waals surface area contributed by atoms with Gasteiger partial charge in [-0.15, -0.1) is 0 Å². The van der Waals surface area contributed by atoms with Crippen LogP contribution in [0.2, 0.25) is 0 Å². The third-order valence-electron chi connectivity index (χ3n) is 6.36. The Kier molecular flexibility index (Phi) is 11.4. The third-order valence-corrected chi connectivity index (χ3v) is 6.36. The van der Waals surface area contributed by atoms with Gasteiger partial charge < -0.3 is 9.47 Å². The van der Waals surface area contributed by atoms with E-state index in [0.29, 0.717) is 24.3 Å². The predicted octanol–water partition coefficient (Wildman–Crippen LogP) is 9.17. The number of aryl methyl sites for hydroxylation is 1. The summed E-state index contributed by atoms with van der Waals surface area (Å²) in [7, 11) is 0. The molecule has 0 aromatic heterocycles. The molecule has 0 spiro atoms. The molecule has 3 aromatic rings. The van der Waals surface area contributed by atoms with Gasteiger partial charge in [-0.3, -0.25) is 0 Å². The lowest BCUT2D eigenvalue weighted by Gasteiger charge is -2.14. The maximum atomic E-state index is 14.9. The molecule has 0 saturated carbocycles. The number of rotatable bonds is 15. The zero-order valence-electron chi connectivity index (χ0n) is 22.0. The highest BCUT2D eigenvalue weighted by Crippen LogP contribution is 2.29. The molecule has 1 unspecified atom stereocenters. The van der Waals surface area contributed by atoms with Crippen molar-refractivity contribution in [3.05, 3.63) is 82.9 Å². The molecule has 2 nitrogen and oxygen atoms in total. The molecule has 7 heteroatoms. The summed E-state index contributed by atoms with van der Waals surface area (Å²) in [5.74, 6) is -3.35. The lowest BCUT2D eigenvalue weighted by atomic mass is 9.97. The monoisotopic (exact) mass is 534 g/mol. The quantitative estimate of drug-likeness (QED) is 0.143. The van der Waals surface area contributed by atoms with Crippen molar-refractivity contribution in [2.45, 2.75) is 71.4 Å². The van der Waals surface area contributed by atoms with Crippen molar-refractivity contribution in [2.75, 3.05) is 13.2 Å². The summed E-state index contributed by atoms with van der Waals surface area (Å²) in [6.07, 6.45) is 4.23. The Balaban J connectivity index is 1.60. The minimum absolute atomic E-state index is 0.0994. The van der Waals surface area contributed by atoms with Crippen LogP contribution in [-0.2, 0) is 12.8 Å². The van der Waals surface area contributed by atoms with Crippen LogP contribution in [0.1, 0.15) is 63.5 Å². The van der Waals surface area contributed by atoms with Gasteiger partial charge in [0.15, 0.2) is 23.2 Å². The van der Waals surface area contributed by atoms with Crippen LogP contribution in [-0.4, -0.2) is 19.4 Å². The summed E-state index contributed by atoms with van der Waals surface area (Å²) in [5.41, 5.74) is 0.464. The first kappa shape index (κ1) is 29.5. The van der Waals surface area contributed by atoms with Gasteiger partial charge in [-0.25, -0.2) is 22.0 Å². The zero-order chi connectivity index (χ0) is 27.5. The van der Waals surface area contributed by atoms with E-state index < -0.39 is 42.5 Å². The van der Waals surface area contributed by atoms with Gasteiger partial charge >= 0.3 is 0 Å². The van der Waals surface area contributed by atoms with Crippen LogP contribution in [0.25, 0.3) is 11.1 Å². The largest absolute Gasteiger partial charge is 0.493 e. The molecule has 0 saturated heterocycles. The lowest BCUT2D eigenvalue weighted by molar-refractivity contribution is 0.188. The van der Waals surface area contributed by atoms with Crippen molar-refractivity contribution in [3.63, 3.8) is 0 Å². The van der Waals surface area contributed by atoms with Gasteiger partial charge in [-0.1, -0.05) is 63.8 Å². The van der Waals surface area contributed by atoms with Crippen LogP contribution < -0.4 is 9.47 Å². The number of benzene rings is 3. The molecule has 0 heterocycles. The summed E-state index contributed by atoms with van der Waals surface area (Å²) in [4.78, 5) is 0. The van der Waals surface area contributed by atoms with E-state index in [0.717, 1.165) is 44.6 Å². The Hall–Kier alpha value is -3.09. The average molecular weight is 535 g/mol. The van der Waals surface area contributed by atoms with Crippen LogP contribution in [0, 0.1) is 23.3 Å². The minimum atomic E-state index is -1.71. The molecule has 3 rings (SSSR count). The molecule has 38 heavy (non-hydrogen) atoms. The van der Waals surface area contributed by atoms with Crippen LogP contribution in [0.3, 0.4) is 0 Å². The molecule has 0 aliphatic rings. The summed E-state index contributed by atoms with van der Waals surface area (Å²) in [5, 5.41) is 0. The fourth-order valence-corrected chi connectivity index (χ4v) is 4.13. The topological polar surface area (TPSA) is 18.5 Å². The third kappa shape index (κ3) is 8.20. The Morgan fingerprint density at radius 3 is 2.18 bits per heavy atom. The van der Waals surface area contributed by atoms with Gasteiger partial charge in [0.05, 0.1) is 6.61 Å². The van der Waals surface area contributed by atoms with Crippen molar-refractivity contribution in [1.82, 2.24) is 0 Å². The minimum Gasteiger partial charge on any atom is -0.493 e. The van der Waals surface area contributed by atoms with Gasteiger partial charge in [0.1, 0.15) is 24.3 Å². The van der Waals surface area contributed by atoms with Gasteiger partial charge in [-0.2, -0.15) is 0 Å². The van der Waals surface area contributed by atoms with Crippen molar-refractivity contribution >= 4 is 0 Å². The number of unbranched alkanes of at least 4 members (excludes halogenated alkanes) is 4. The first-order valence-electron chi connectivity index (χ1n) is 13.3. The normalized spacial score (nSPS) is 12.0. The number of hydrogen-bond donors (Lipinski definition) is 0. The van der Waals surface area contributed by atoms with E-state index in [4.69, 9.17) is 9.47 Å². The first-order valence-corrected chi connectivity index (χ1v) is 13.3. The van der Waals surface area contributed by atoms with E-state index in [-0.39, 0.29) is 22.4 Å². The van der Waals surface area contributed by atoms with Crippen molar-refractivity contribution in [1.29, 1.82) is 0 Å². The van der Waals surface area contributed by atoms with E-state index in [2.05, 4.69) is 6.92 Å². The van der Waals surface area contributed by atoms with E-state index in [9.17, 15) is 22.0 Å². The van der Waals surface area contributed by atoms with Gasteiger partial charge in [0.2, 0.25) is 0 Å². The number of halogens is 5. The molecule has 0 aliphatic carbocycles. The predicted molar refractivity (Wildman–Crippen MR) is 140 cm³/mol. The standard InChI is InChI=1S/C31H35F5O2/c1-3-5-7-8-9-21-10-11-22(18-27(21)33)26-14-12-23(30(35)31(26)36)17-24(32)20-38-29-15-13-25(19-28(29)34)37-16-6-4-2/h10-15,18-19,24H,3-9,16-17,20H2,1-2H3. The maximum absolute atomic E-state index is 14.9. The molecule has 0 N–H and O–H groups in total. The second-order valence-electron chi connectivity index (χ2n) is 9.42.